The maximum absolute atomic E-state index is 13.2. The molecular weight excluding hydrogens is 534 g/mol. The van der Waals surface area contributed by atoms with Crippen molar-refractivity contribution in [3.8, 4) is 16.9 Å². The normalized spacial score (nSPS) is 22.6. The minimum Gasteiger partial charge on any atom is -0.492 e. The van der Waals surface area contributed by atoms with Gasteiger partial charge in [-0.25, -0.2) is 21.6 Å². The average Bonchev–Trinajstić information content (AvgIpc) is 3.26. The number of aliphatic hydroxyl groups is 1. The predicted molar refractivity (Wildman–Crippen MR) is 141 cm³/mol. The van der Waals surface area contributed by atoms with Crippen LogP contribution in [0.2, 0.25) is 0 Å². The van der Waals surface area contributed by atoms with Gasteiger partial charge in [0.2, 0.25) is 15.9 Å². The van der Waals surface area contributed by atoms with Gasteiger partial charge in [-0.15, -0.1) is 0 Å². The lowest BCUT2D eigenvalue weighted by Gasteiger charge is -2.44. The molecule has 0 aliphatic carbocycles. The molecule has 0 bridgehead atoms. The number of ether oxygens (including phenoxy) is 1. The van der Waals surface area contributed by atoms with Gasteiger partial charge in [0.15, 0.2) is 9.84 Å². The Labute approximate surface area is 223 Å². The van der Waals surface area contributed by atoms with E-state index in [0.717, 1.165) is 17.4 Å². The van der Waals surface area contributed by atoms with Gasteiger partial charge in [0.1, 0.15) is 16.4 Å². The van der Waals surface area contributed by atoms with Crippen LogP contribution in [0.3, 0.4) is 0 Å². The molecule has 12 nitrogen and oxygen atoms in total. The van der Waals surface area contributed by atoms with Crippen LogP contribution < -0.4 is 9.46 Å². The Kier molecular flexibility index (Phi) is 8.19. The van der Waals surface area contributed by atoms with Crippen LogP contribution in [0.1, 0.15) is 12.8 Å². The van der Waals surface area contributed by atoms with E-state index in [4.69, 9.17) is 4.74 Å². The summed E-state index contributed by atoms with van der Waals surface area (Å²) in [5, 5.41) is 14.7. The number of sulfonamides is 1. The Hall–Kier alpha value is -2.52. The third-order valence-corrected chi connectivity index (χ3v) is 9.24. The zero-order chi connectivity index (χ0) is 27.7. The standard InChI is InChI=1S/C24H35N5O7S2/c1-27-14-20(30)12-26-38(34,35)22-5-4-18(19-11-25-28(2)13-19)10-21(22)36-17-24(16-27)6-8-29(9-7-24)23(31)15-37(3,32)33/h4-5,10-11,13,20,26,30H,6-9,12,14-17H2,1-3H3. The van der Waals surface area contributed by atoms with Crippen LogP contribution in [-0.2, 0) is 31.7 Å². The summed E-state index contributed by atoms with van der Waals surface area (Å²) in [5.74, 6) is -0.770. The van der Waals surface area contributed by atoms with Crippen LogP contribution in [0.4, 0.5) is 0 Å². The lowest BCUT2D eigenvalue weighted by molar-refractivity contribution is -0.131. The van der Waals surface area contributed by atoms with Gasteiger partial charge in [-0.05, 0) is 37.6 Å². The molecule has 2 aromatic rings. The smallest absolute Gasteiger partial charge is 0.244 e. The topological polar surface area (TPSA) is 151 Å². The van der Waals surface area contributed by atoms with Crippen molar-refractivity contribution in [2.45, 2.75) is 23.8 Å². The molecule has 1 spiro atoms. The summed E-state index contributed by atoms with van der Waals surface area (Å²) in [5.41, 5.74) is 1.10. The number of nitrogens with zero attached hydrogens (tertiary/aromatic N) is 4. The fourth-order valence-corrected chi connectivity index (χ4v) is 6.89. The Morgan fingerprint density at radius 3 is 2.58 bits per heavy atom. The molecule has 14 heteroatoms. The number of sulfone groups is 1. The summed E-state index contributed by atoms with van der Waals surface area (Å²) in [7, 11) is -3.78. The lowest BCUT2D eigenvalue weighted by Crippen LogP contribution is -2.52. The minimum atomic E-state index is -3.98. The molecule has 1 aromatic carbocycles. The Morgan fingerprint density at radius 2 is 1.95 bits per heavy atom. The predicted octanol–water partition coefficient (Wildman–Crippen LogP) is -0.296. The Morgan fingerprint density at radius 1 is 1.24 bits per heavy atom. The minimum absolute atomic E-state index is 0.0258. The van der Waals surface area contributed by atoms with Gasteiger partial charge in [-0.2, -0.15) is 5.10 Å². The largest absolute Gasteiger partial charge is 0.492 e. The van der Waals surface area contributed by atoms with Crippen molar-refractivity contribution >= 4 is 25.8 Å². The zero-order valence-electron chi connectivity index (χ0n) is 21.8. The summed E-state index contributed by atoms with van der Waals surface area (Å²) >= 11 is 0. The van der Waals surface area contributed by atoms with E-state index in [-0.39, 0.29) is 30.3 Å². The lowest BCUT2D eigenvalue weighted by atomic mass is 9.78. The molecule has 0 saturated carbocycles. The number of hydrogen-bond acceptors (Lipinski definition) is 9. The molecule has 2 aliphatic rings. The highest BCUT2D eigenvalue weighted by Gasteiger charge is 2.39. The number of benzene rings is 1. The number of aryl methyl sites for hydroxylation is 1. The molecule has 1 unspecified atom stereocenters. The van der Waals surface area contributed by atoms with Crippen molar-refractivity contribution in [2.75, 3.05) is 58.4 Å². The second-order valence-electron chi connectivity index (χ2n) is 10.5. The average molecular weight is 570 g/mol. The van der Waals surface area contributed by atoms with Crippen molar-refractivity contribution in [3.63, 3.8) is 0 Å². The number of carbonyl (C=O) groups excluding carboxylic acids is 1. The van der Waals surface area contributed by atoms with Gasteiger partial charge in [0.25, 0.3) is 0 Å². The van der Waals surface area contributed by atoms with E-state index in [2.05, 4.69) is 9.82 Å². The fraction of sp³-hybridized carbons (Fsp3) is 0.583. The molecule has 3 heterocycles. The van der Waals surface area contributed by atoms with Crippen LogP contribution in [-0.4, -0.2) is 112 Å². The number of nitrogens with one attached hydrogen (secondary N) is 1. The molecule has 1 aromatic heterocycles. The molecule has 0 radical (unpaired) electrons. The van der Waals surface area contributed by atoms with Crippen molar-refractivity contribution in [1.82, 2.24) is 24.3 Å². The van der Waals surface area contributed by atoms with Crippen LogP contribution in [0.5, 0.6) is 5.75 Å². The number of amides is 1. The molecule has 2 N–H and O–H groups in total. The van der Waals surface area contributed by atoms with E-state index in [9.17, 15) is 26.7 Å². The maximum atomic E-state index is 13.2. The fourth-order valence-electron chi connectivity index (χ4n) is 5.06. The summed E-state index contributed by atoms with van der Waals surface area (Å²) < 4.78 is 60.0. The second kappa shape index (κ2) is 10.9. The molecule has 1 atom stereocenters. The first-order chi connectivity index (χ1) is 17.8. The SMILES string of the molecule is CN1CC(O)CNS(=O)(=O)c2ccc(-c3cnn(C)c3)cc2OCC2(CCN(C(=O)CS(C)(=O)=O)CC2)C1. The van der Waals surface area contributed by atoms with Crippen LogP contribution in [0.25, 0.3) is 11.1 Å². The van der Waals surface area contributed by atoms with E-state index in [1.807, 2.05) is 18.1 Å². The monoisotopic (exact) mass is 569 g/mol. The molecule has 1 saturated heterocycles. The first-order valence-electron chi connectivity index (χ1n) is 12.3. The van der Waals surface area contributed by atoms with Gasteiger partial charge in [-0.3, -0.25) is 9.48 Å². The second-order valence-corrected chi connectivity index (χ2v) is 14.4. The Balaban J connectivity index is 1.65. The third-order valence-electron chi connectivity index (χ3n) is 7.00. The first-order valence-corrected chi connectivity index (χ1v) is 15.9. The highest BCUT2D eigenvalue weighted by molar-refractivity contribution is 7.91. The van der Waals surface area contributed by atoms with Gasteiger partial charge >= 0.3 is 0 Å². The number of aromatic nitrogens is 2. The zero-order valence-corrected chi connectivity index (χ0v) is 23.5. The number of aliphatic hydroxyl groups excluding tert-OH is 1. The van der Waals surface area contributed by atoms with Crippen molar-refractivity contribution in [2.24, 2.45) is 12.5 Å². The first kappa shape index (κ1) is 28.5. The quantitative estimate of drug-likeness (QED) is 0.508. The van der Waals surface area contributed by atoms with Gasteiger partial charge in [0.05, 0.1) is 18.9 Å². The van der Waals surface area contributed by atoms with E-state index < -0.39 is 43.0 Å². The summed E-state index contributed by atoms with van der Waals surface area (Å²) in [6, 6.07) is 4.86. The van der Waals surface area contributed by atoms with Gasteiger partial charge < -0.3 is 19.6 Å². The van der Waals surface area contributed by atoms with E-state index in [0.29, 0.717) is 32.5 Å². The van der Waals surface area contributed by atoms with Crippen LogP contribution in [0, 0.1) is 5.41 Å². The molecule has 1 amide bonds. The van der Waals surface area contributed by atoms with E-state index >= 15 is 0 Å². The number of carbonyl (C=O) groups is 1. The highest BCUT2D eigenvalue weighted by atomic mass is 32.2. The summed E-state index contributed by atoms with van der Waals surface area (Å²) in [6.45, 7) is 1.53. The number of likely N-dealkylation sites (N-methyl/N-ethyl adjacent to an activating group) is 1. The van der Waals surface area contributed by atoms with E-state index in [1.54, 1.807) is 35.0 Å². The number of piperidine rings is 1. The number of hydrogen-bond donors (Lipinski definition) is 2. The van der Waals surface area contributed by atoms with Gasteiger partial charge in [0, 0.05) is 63.2 Å². The van der Waals surface area contributed by atoms with Crippen molar-refractivity contribution in [1.29, 1.82) is 0 Å². The number of fused-ring (bicyclic) bond motifs is 1. The number of likely N-dealkylation sites (tertiary alicyclic amines) is 1. The van der Waals surface area contributed by atoms with Crippen molar-refractivity contribution in [3.05, 3.63) is 30.6 Å². The molecule has 1 fully saturated rings. The Bertz CT molecular complexity index is 1380. The number of rotatable bonds is 3. The summed E-state index contributed by atoms with van der Waals surface area (Å²) in [6.07, 6.45) is 4.68. The van der Waals surface area contributed by atoms with Crippen LogP contribution >= 0.6 is 0 Å². The highest BCUT2D eigenvalue weighted by Crippen LogP contribution is 2.36. The molecule has 210 valence electrons. The third kappa shape index (κ3) is 6.91. The van der Waals surface area contributed by atoms with E-state index in [1.165, 1.54) is 6.07 Å². The number of β-amino-alcohol motifs (C(OH)–C–C–N with tert-alkyl or cyclic N) is 1. The molecular formula is C24H35N5O7S2. The van der Waals surface area contributed by atoms with Gasteiger partial charge in [-0.1, -0.05) is 6.07 Å². The molecule has 4 rings (SSSR count). The van der Waals surface area contributed by atoms with Crippen molar-refractivity contribution < 1.29 is 31.5 Å². The molecule has 38 heavy (non-hydrogen) atoms. The maximum Gasteiger partial charge on any atom is 0.244 e. The van der Waals surface area contributed by atoms with Crippen LogP contribution in [0.15, 0.2) is 35.5 Å². The molecule has 2 aliphatic heterocycles. The summed E-state index contributed by atoms with van der Waals surface area (Å²) in [4.78, 5) is 16.0.